The fourth-order valence-electron chi connectivity index (χ4n) is 4.15. The van der Waals surface area contributed by atoms with Crippen molar-refractivity contribution < 1.29 is 18.1 Å². The molecule has 0 atom stereocenters. The SMILES string of the molecule is O=C(/C=C/c1ccc([N+](=O)[O-])cc1)N1CCN(S(=O)(=O)c2ccc3c(c2)CCCC3)CC1. The lowest BCUT2D eigenvalue weighted by atomic mass is 9.92. The van der Waals surface area contributed by atoms with E-state index in [-0.39, 0.29) is 24.7 Å². The van der Waals surface area contributed by atoms with Gasteiger partial charge >= 0.3 is 0 Å². The number of hydrogen-bond acceptors (Lipinski definition) is 5. The standard InChI is InChI=1S/C23H25N3O5S/c27-23(12-7-18-5-9-21(10-6-18)26(28)29)24-13-15-25(16-14-24)32(30,31)22-11-8-19-3-1-2-4-20(19)17-22/h5-12,17H,1-4,13-16H2/b12-7+. The summed E-state index contributed by atoms with van der Waals surface area (Å²) in [5, 5.41) is 10.7. The van der Waals surface area contributed by atoms with E-state index in [0.29, 0.717) is 23.5 Å². The highest BCUT2D eigenvalue weighted by molar-refractivity contribution is 7.89. The fraction of sp³-hybridized carbons (Fsp3) is 0.348. The average molecular weight is 456 g/mol. The molecule has 1 fully saturated rings. The summed E-state index contributed by atoms with van der Waals surface area (Å²) < 4.78 is 27.6. The number of sulfonamides is 1. The lowest BCUT2D eigenvalue weighted by molar-refractivity contribution is -0.384. The Hall–Kier alpha value is -3.04. The average Bonchev–Trinajstić information content (AvgIpc) is 2.82. The number of piperazine rings is 1. The summed E-state index contributed by atoms with van der Waals surface area (Å²) in [4.78, 5) is 24.7. The van der Waals surface area contributed by atoms with Gasteiger partial charge < -0.3 is 4.90 Å². The number of nitrogens with zero attached hydrogens (tertiary/aromatic N) is 3. The van der Waals surface area contributed by atoms with Crippen molar-refractivity contribution in [1.29, 1.82) is 0 Å². The quantitative estimate of drug-likeness (QED) is 0.392. The number of carbonyl (C=O) groups excluding carboxylic acids is 1. The first-order valence-corrected chi connectivity index (χ1v) is 12.1. The lowest BCUT2D eigenvalue weighted by Gasteiger charge is -2.33. The van der Waals surface area contributed by atoms with Gasteiger partial charge in [-0.3, -0.25) is 14.9 Å². The van der Waals surface area contributed by atoms with Crippen LogP contribution in [-0.4, -0.2) is 54.6 Å². The number of nitro groups is 1. The van der Waals surface area contributed by atoms with E-state index in [1.54, 1.807) is 29.2 Å². The second-order valence-corrected chi connectivity index (χ2v) is 9.99. The first-order chi connectivity index (χ1) is 15.3. The molecule has 2 aliphatic rings. The van der Waals surface area contributed by atoms with E-state index < -0.39 is 14.9 Å². The van der Waals surface area contributed by atoms with E-state index >= 15 is 0 Å². The number of nitro benzene ring substituents is 1. The Morgan fingerprint density at radius 3 is 2.25 bits per heavy atom. The smallest absolute Gasteiger partial charge is 0.269 e. The van der Waals surface area contributed by atoms with Gasteiger partial charge in [0, 0.05) is 44.4 Å². The Labute approximate surface area is 187 Å². The molecule has 168 valence electrons. The molecule has 1 heterocycles. The molecule has 0 unspecified atom stereocenters. The van der Waals surface area contributed by atoms with Gasteiger partial charge in [0.05, 0.1) is 9.82 Å². The van der Waals surface area contributed by atoms with Crippen LogP contribution in [0.15, 0.2) is 53.4 Å². The van der Waals surface area contributed by atoms with Gasteiger partial charge in [0.15, 0.2) is 0 Å². The largest absolute Gasteiger partial charge is 0.337 e. The second-order valence-electron chi connectivity index (χ2n) is 8.05. The Morgan fingerprint density at radius 2 is 1.59 bits per heavy atom. The molecule has 0 radical (unpaired) electrons. The van der Waals surface area contributed by atoms with Crippen LogP contribution in [0, 0.1) is 10.1 Å². The van der Waals surface area contributed by atoms with Crippen LogP contribution >= 0.6 is 0 Å². The van der Waals surface area contributed by atoms with Crippen LogP contribution in [-0.2, 0) is 27.7 Å². The molecule has 0 spiro atoms. The van der Waals surface area contributed by atoms with Gasteiger partial charge in [-0.1, -0.05) is 6.07 Å². The van der Waals surface area contributed by atoms with Crippen molar-refractivity contribution >= 4 is 27.7 Å². The van der Waals surface area contributed by atoms with Crippen LogP contribution in [0.4, 0.5) is 5.69 Å². The normalized spacial score (nSPS) is 17.3. The number of non-ortho nitro benzene ring substituents is 1. The summed E-state index contributed by atoms with van der Waals surface area (Å²) in [6.45, 7) is 1.12. The fourth-order valence-corrected chi connectivity index (χ4v) is 5.62. The number of aryl methyl sites for hydroxylation is 2. The molecule has 0 aromatic heterocycles. The Bertz CT molecular complexity index is 1150. The van der Waals surface area contributed by atoms with Crippen LogP contribution in [0.25, 0.3) is 6.08 Å². The van der Waals surface area contributed by atoms with Crippen molar-refractivity contribution in [2.75, 3.05) is 26.2 Å². The Morgan fingerprint density at radius 1 is 0.938 bits per heavy atom. The van der Waals surface area contributed by atoms with Crippen molar-refractivity contribution in [3.8, 4) is 0 Å². The van der Waals surface area contributed by atoms with E-state index in [9.17, 15) is 23.3 Å². The van der Waals surface area contributed by atoms with Gasteiger partial charge in [-0.05, 0) is 72.7 Å². The van der Waals surface area contributed by atoms with E-state index in [4.69, 9.17) is 0 Å². The highest BCUT2D eigenvalue weighted by Gasteiger charge is 2.30. The second kappa shape index (κ2) is 9.22. The maximum atomic E-state index is 13.1. The third kappa shape index (κ3) is 4.73. The maximum absolute atomic E-state index is 13.1. The van der Waals surface area contributed by atoms with Crippen LogP contribution < -0.4 is 0 Å². The summed E-state index contributed by atoms with van der Waals surface area (Å²) in [5.74, 6) is -0.214. The summed E-state index contributed by atoms with van der Waals surface area (Å²) in [7, 11) is -3.59. The van der Waals surface area contributed by atoms with Crippen LogP contribution in [0.2, 0.25) is 0 Å². The van der Waals surface area contributed by atoms with Gasteiger partial charge in [0.2, 0.25) is 15.9 Å². The minimum Gasteiger partial charge on any atom is -0.337 e. The zero-order valence-corrected chi connectivity index (χ0v) is 18.5. The molecule has 0 N–H and O–H groups in total. The third-order valence-electron chi connectivity index (χ3n) is 6.03. The molecule has 1 amide bonds. The molecule has 0 bridgehead atoms. The molecule has 9 heteroatoms. The molecule has 1 saturated heterocycles. The molecular weight excluding hydrogens is 430 g/mol. The zero-order chi connectivity index (χ0) is 22.7. The number of carbonyl (C=O) groups is 1. The van der Waals surface area contributed by atoms with E-state index in [2.05, 4.69) is 0 Å². The van der Waals surface area contributed by atoms with Gasteiger partial charge in [-0.2, -0.15) is 4.31 Å². The van der Waals surface area contributed by atoms with Gasteiger partial charge in [-0.15, -0.1) is 0 Å². The minimum atomic E-state index is -3.59. The number of benzene rings is 2. The molecule has 32 heavy (non-hydrogen) atoms. The number of hydrogen-bond donors (Lipinski definition) is 0. The molecule has 8 nitrogen and oxygen atoms in total. The van der Waals surface area contributed by atoms with Crippen molar-refractivity contribution in [3.63, 3.8) is 0 Å². The summed E-state index contributed by atoms with van der Waals surface area (Å²) in [5.41, 5.74) is 3.04. The van der Waals surface area contributed by atoms with Crippen molar-refractivity contribution in [1.82, 2.24) is 9.21 Å². The predicted molar refractivity (Wildman–Crippen MR) is 121 cm³/mol. The molecule has 2 aromatic carbocycles. The molecular formula is C23H25N3O5S. The molecule has 4 rings (SSSR count). The maximum Gasteiger partial charge on any atom is 0.269 e. The summed E-state index contributed by atoms with van der Waals surface area (Å²) >= 11 is 0. The molecule has 0 saturated carbocycles. The van der Waals surface area contributed by atoms with Crippen molar-refractivity contribution in [2.45, 2.75) is 30.6 Å². The highest BCUT2D eigenvalue weighted by Crippen LogP contribution is 2.26. The monoisotopic (exact) mass is 455 g/mol. The van der Waals surface area contributed by atoms with Crippen LogP contribution in [0.5, 0.6) is 0 Å². The Kier molecular flexibility index (Phi) is 6.38. The third-order valence-corrected chi connectivity index (χ3v) is 7.92. The van der Waals surface area contributed by atoms with Gasteiger partial charge in [0.25, 0.3) is 5.69 Å². The minimum absolute atomic E-state index is 0.00951. The van der Waals surface area contributed by atoms with Crippen molar-refractivity contribution in [3.05, 3.63) is 75.3 Å². The number of amides is 1. The van der Waals surface area contributed by atoms with Crippen molar-refractivity contribution in [2.24, 2.45) is 0 Å². The number of rotatable bonds is 5. The topological polar surface area (TPSA) is 101 Å². The van der Waals surface area contributed by atoms with Gasteiger partial charge in [-0.25, -0.2) is 8.42 Å². The lowest BCUT2D eigenvalue weighted by Crippen LogP contribution is -2.50. The molecule has 1 aliphatic heterocycles. The highest BCUT2D eigenvalue weighted by atomic mass is 32.2. The van der Waals surface area contributed by atoms with E-state index in [0.717, 1.165) is 31.2 Å². The van der Waals surface area contributed by atoms with Crippen LogP contribution in [0.1, 0.15) is 29.5 Å². The Balaban J connectivity index is 1.37. The van der Waals surface area contributed by atoms with E-state index in [1.165, 1.54) is 28.1 Å². The summed E-state index contributed by atoms with van der Waals surface area (Å²) in [6.07, 6.45) is 7.17. The summed E-state index contributed by atoms with van der Waals surface area (Å²) in [6, 6.07) is 11.4. The molecule has 2 aromatic rings. The zero-order valence-electron chi connectivity index (χ0n) is 17.6. The predicted octanol–water partition coefficient (Wildman–Crippen LogP) is 3.02. The number of fused-ring (bicyclic) bond motifs is 1. The van der Waals surface area contributed by atoms with E-state index in [1.807, 2.05) is 12.1 Å². The van der Waals surface area contributed by atoms with Gasteiger partial charge in [0.1, 0.15) is 0 Å². The van der Waals surface area contributed by atoms with Crippen LogP contribution in [0.3, 0.4) is 0 Å². The first-order valence-electron chi connectivity index (χ1n) is 10.7. The molecule has 1 aliphatic carbocycles. The first kappa shape index (κ1) is 22.2.